The summed E-state index contributed by atoms with van der Waals surface area (Å²) in [5.41, 5.74) is 5.83. The van der Waals surface area contributed by atoms with Crippen LogP contribution >= 0.6 is 0 Å². The minimum Gasteiger partial charge on any atom is -0.342 e. The maximum Gasteiger partial charge on any atom is 0.227 e. The number of amides is 1. The van der Waals surface area contributed by atoms with Crippen LogP contribution in [0, 0.1) is 26.7 Å². The summed E-state index contributed by atoms with van der Waals surface area (Å²) in [6.45, 7) is 12.3. The van der Waals surface area contributed by atoms with E-state index in [4.69, 9.17) is 4.98 Å². The summed E-state index contributed by atoms with van der Waals surface area (Å²) in [4.78, 5) is 24.5. The Bertz CT molecular complexity index is 897. The molecule has 2 aliphatic rings. The summed E-state index contributed by atoms with van der Waals surface area (Å²) in [7, 11) is 0. The van der Waals surface area contributed by atoms with Gasteiger partial charge in [-0.3, -0.25) is 9.48 Å². The largest absolute Gasteiger partial charge is 0.342 e. The molecule has 1 saturated heterocycles. The summed E-state index contributed by atoms with van der Waals surface area (Å²) in [6.07, 6.45) is 4.84. The van der Waals surface area contributed by atoms with Gasteiger partial charge in [-0.15, -0.1) is 0 Å². The third-order valence-corrected chi connectivity index (χ3v) is 6.61. The molecule has 4 heterocycles. The predicted octanol–water partition coefficient (Wildman–Crippen LogP) is 2.29. The Balaban J connectivity index is 1.35. The normalized spacial score (nSPS) is 18.6. The lowest BCUT2D eigenvalue weighted by molar-refractivity contribution is -0.136. The van der Waals surface area contributed by atoms with Crippen LogP contribution in [0.1, 0.15) is 59.7 Å². The number of likely N-dealkylation sites (tertiary alicyclic amines) is 1. The summed E-state index contributed by atoms with van der Waals surface area (Å²) in [6, 6.07) is 0. The fraction of sp³-hybridized carbons (Fsp3) is 0.636. The van der Waals surface area contributed by atoms with E-state index in [1.165, 1.54) is 16.8 Å². The maximum absolute atomic E-state index is 13.0. The fourth-order valence-corrected chi connectivity index (χ4v) is 4.42. The number of carbonyl (C=O) groups excluding carboxylic acids is 1. The first-order valence-corrected chi connectivity index (χ1v) is 10.8. The van der Waals surface area contributed by atoms with E-state index < -0.39 is 0 Å². The van der Waals surface area contributed by atoms with E-state index in [9.17, 15) is 4.79 Å². The first-order chi connectivity index (χ1) is 13.9. The van der Waals surface area contributed by atoms with Crippen molar-refractivity contribution in [1.29, 1.82) is 0 Å². The smallest absolute Gasteiger partial charge is 0.227 e. The zero-order valence-electron chi connectivity index (χ0n) is 18.0. The molecule has 0 radical (unpaired) electrons. The third kappa shape index (κ3) is 4.06. The average molecular weight is 397 g/mol. The number of hydrogen-bond acceptors (Lipinski definition) is 5. The first kappa shape index (κ1) is 20.0. The molecule has 0 bridgehead atoms. The molecule has 1 atom stereocenters. The molecular weight excluding hydrogens is 364 g/mol. The lowest BCUT2D eigenvalue weighted by Gasteiger charge is -2.33. The first-order valence-electron chi connectivity index (χ1n) is 10.8. The molecule has 2 aromatic heterocycles. The molecule has 2 aliphatic heterocycles. The molecule has 4 rings (SSSR count). The van der Waals surface area contributed by atoms with Crippen LogP contribution in [0.3, 0.4) is 0 Å². The van der Waals surface area contributed by atoms with Crippen LogP contribution in [-0.4, -0.2) is 50.2 Å². The van der Waals surface area contributed by atoms with Gasteiger partial charge in [-0.2, -0.15) is 5.10 Å². The molecule has 0 saturated carbocycles. The topological polar surface area (TPSA) is 75.9 Å². The van der Waals surface area contributed by atoms with Crippen LogP contribution in [-0.2, 0) is 24.3 Å². The van der Waals surface area contributed by atoms with Crippen molar-refractivity contribution in [2.75, 3.05) is 19.6 Å². The number of fused-ring (bicyclic) bond motifs is 1. The highest BCUT2D eigenvalue weighted by atomic mass is 16.2. The van der Waals surface area contributed by atoms with E-state index in [1.54, 1.807) is 0 Å². The Morgan fingerprint density at radius 3 is 2.72 bits per heavy atom. The summed E-state index contributed by atoms with van der Waals surface area (Å²) >= 11 is 0. The molecule has 156 valence electrons. The van der Waals surface area contributed by atoms with Crippen LogP contribution < -0.4 is 5.32 Å². The van der Waals surface area contributed by atoms with E-state index >= 15 is 0 Å². The highest BCUT2D eigenvalue weighted by Gasteiger charge is 2.29. The predicted molar refractivity (Wildman–Crippen MR) is 112 cm³/mol. The van der Waals surface area contributed by atoms with Gasteiger partial charge in [0.25, 0.3) is 0 Å². The number of rotatable bonds is 4. The molecule has 7 nitrogen and oxygen atoms in total. The second kappa shape index (κ2) is 8.22. The lowest BCUT2D eigenvalue weighted by Crippen LogP contribution is -2.42. The van der Waals surface area contributed by atoms with Crippen molar-refractivity contribution in [1.82, 2.24) is 30.0 Å². The molecule has 1 fully saturated rings. The van der Waals surface area contributed by atoms with E-state index in [1.807, 2.05) is 29.6 Å². The highest BCUT2D eigenvalue weighted by Crippen LogP contribution is 2.27. The molecule has 0 aromatic carbocycles. The Labute approximate surface area is 172 Å². The van der Waals surface area contributed by atoms with Crippen molar-refractivity contribution >= 4 is 5.91 Å². The van der Waals surface area contributed by atoms with E-state index in [0.29, 0.717) is 12.5 Å². The van der Waals surface area contributed by atoms with E-state index in [0.717, 1.165) is 62.7 Å². The summed E-state index contributed by atoms with van der Waals surface area (Å²) in [5, 5.41) is 7.95. The van der Waals surface area contributed by atoms with Crippen molar-refractivity contribution in [3.8, 4) is 0 Å². The third-order valence-electron chi connectivity index (χ3n) is 6.61. The van der Waals surface area contributed by atoms with Crippen molar-refractivity contribution < 1.29 is 4.79 Å². The molecule has 1 amide bonds. The molecule has 0 unspecified atom stereocenters. The minimum atomic E-state index is -0.0727. The second-order valence-electron chi connectivity index (χ2n) is 8.61. The Kier molecular flexibility index (Phi) is 5.67. The van der Waals surface area contributed by atoms with Crippen LogP contribution in [0.15, 0.2) is 6.20 Å². The number of piperidine rings is 1. The number of nitrogens with one attached hydrogen (secondary N) is 1. The zero-order chi connectivity index (χ0) is 20.5. The van der Waals surface area contributed by atoms with Gasteiger partial charge in [0.2, 0.25) is 5.91 Å². The second-order valence-corrected chi connectivity index (χ2v) is 8.61. The Hall–Kier alpha value is -2.28. The fourth-order valence-electron chi connectivity index (χ4n) is 4.42. The molecule has 0 aliphatic carbocycles. The van der Waals surface area contributed by atoms with Gasteiger partial charge in [-0.1, -0.05) is 6.92 Å². The van der Waals surface area contributed by atoms with Crippen LogP contribution in [0.5, 0.6) is 0 Å². The van der Waals surface area contributed by atoms with E-state index in [-0.39, 0.29) is 11.8 Å². The lowest BCUT2D eigenvalue weighted by atomic mass is 9.94. The Morgan fingerprint density at radius 1 is 1.28 bits per heavy atom. The molecule has 29 heavy (non-hydrogen) atoms. The van der Waals surface area contributed by atoms with Gasteiger partial charge in [0, 0.05) is 61.7 Å². The Morgan fingerprint density at radius 2 is 2.03 bits per heavy atom. The highest BCUT2D eigenvalue weighted by molar-refractivity contribution is 5.78. The number of aromatic nitrogens is 4. The van der Waals surface area contributed by atoms with Gasteiger partial charge in [-0.25, -0.2) is 9.97 Å². The van der Waals surface area contributed by atoms with Crippen LogP contribution in [0.2, 0.25) is 0 Å². The van der Waals surface area contributed by atoms with Gasteiger partial charge in [0.15, 0.2) is 0 Å². The van der Waals surface area contributed by atoms with Crippen LogP contribution in [0.4, 0.5) is 0 Å². The number of hydrogen-bond donors (Lipinski definition) is 1. The van der Waals surface area contributed by atoms with Crippen molar-refractivity contribution in [2.45, 2.75) is 66.0 Å². The average Bonchev–Trinajstić information content (AvgIpc) is 2.99. The number of carbonyl (C=O) groups is 1. The van der Waals surface area contributed by atoms with Gasteiger partial charge >= 0.3 is 0 Å². The van der Waals surface area contributed by atoms with E-state index in [2.05, 4.69) is 29.2 Å². The van der Waals surface area contributed by atoms with Gasteiger partial charge in [0.1, 0.15) is 5.82 Å². The number of nitrogens with zero attached hydrogens (tertiary/aromatic N) is 5. The van der Waals surface area contributed by atoms with Crippen molar-refractivity contribution in [2.24, 2.45) is 5.92 Å². The minimum absolute atomic E-state index is 0.0727. The van der Waals surface area contributed by atoms with Gasteiger partial charge in [0.05, 0.1) is 18.2 Å². The molecular formula is C22H32N6O. The monoisotopic (exact) mass is 396 g/mol. The quantitative estimate of drug-likeness (QED) is 0.858. The zero-order valence-corrected chi connectivity index (χ0v) is 18.0. The molecule has 1 N–H and O–H groups in total. The van der Waals surface area contributed by atoms with Crippen molar-refractivity contribution in [3.63, 3.8) is 0 Å². The number of aryl methyl sites for hydroxylation is 1. The standard InChI is InChI=1S/C22H32N6O/c1-14(13-28-17(4)15(2)16(3)26-28)22(29)27-9-6-18(7-10-27)21-24-12-19-11-23-8-5-20(19)25-21/h12,14,18,23H,5-11,13H2,1-4H3/t14-/m0/s1. The van der Waals surface area contributed by atoms with Crippen molar-refractivity contribution in [3.05, 3.63) is 40.2 Å². The SMILES string of the molecule is Cc1nn(C[C@H](C)C(=O)N2CCC(c3ncc4c(n3)CCNC4)CC2)c(C)c1C. The van der Waals surface area contributed by atoms with Gasteiger partial charge in [-0.05, 0) is 39.2 Å². The molecule has 0 spiro atoms. The summed E-state index contributed by atoms with van der Waals surface area (Å²) in [5.74, 6) is 1.47. The molecule has 2 aromatic rings. The van der Waals surface area contributed by atoms with Crippen LogP contribution in [0.25, 0.3) is 0 Å². The maximum atomic E-state index is 13.0. The van der Waals surface area contributed by atoms with Gasteiger partial charge < -0.3 is 10.2 Å². The summed E-state index contributed by atoms with van der Waals surface area (Å²) < 4.78 is 1.98. The molecule has 7 heteroatoms.